The number of carbonyl (C=O) groups is 2. The average Bonchev–Trinajstić information content (AvgIpc) is 2.67. The fourth-order valence-corrected chi connectivity index (χ4v) is 3.42. The van der Waals surface area contributed by atoms with Gasteiger partial charge in [0, 0.05) is 5.92 Å². The second-order valence-corrected chi connectivity index (χ2v) is 8.11. The molecule has 0 radical (unpaired) electrons. The van der Waals surface area contributed by atoms with Crippen LogP contribution in [0.25, 0.3) is 0 Å². The summed E-state index contributed by atoms with van der Waals surface area (Å²) in [6, 6.07) is 14.5. The number of amides is 1. The Kier molecular flexibility index (Phi) is 7.24. The molecule has 1 fully saturated rings. The zero-order chi connectivity index (χ0) is 21.7. The van der Waals surface area contributed by atoms with Gasteiger partial charge in [0.15, 0.2) is 0 Å². The molecule has 6 heteroatoms. The van der Waals surface area contributed by atoms with E-state index in [2.05, 4.69) is 17.4 Å². The fourth-order valence-electron chi connectivity index (χ4n) is 3.42. The van der Waals surface area contributed by atoms with E-state index >= 15 is 0 Å². The van der Waals surface area contributed by atoms with E-state index in [4.69, 9.17) is 14.6 Å². The van der Waals surface area contributed by atoms with Crippen molar-refractivity contribution in [3.05, 3.63) is 70.8 Å². The van der Waals surface area contributed by atoms with Gasteiger partial charge in [0.2, 0.25) is 5.91 Å². The maximum atomic E-state index is 12.8. The molecule has 0 spiro atoms. The molecule has 0 saturated carbocycles. The molecule has 1 heterocycles. The van der Waals surface area contributed by atoms with Crippen LogP contribution >= 0.6 is 0 Å². The standard InChI is InChI=1S/C24H29NO5/c1-15(2)22(30-12-17-5-4-6-20(11-17)21-13-29-14-21)23(26)25-16(3)18-7-9-19(10-8-18)24(27)28/h4-11,15-16,21-22H,12-14H2,1-3H3,(H,25,26)(H,27,28)/t16-,22?/m0/s1. The van der Waals surface area contributed by atoms with Crippen molar-refractivity contribution in [1.29, 1.82) is 0 Å². The lowest BCUT2D eigenvalue weighted by atomic mass is 9.96. The van der Waals surface area contributed by atoms with Crippen molar-refractivity contribution in [2.75, 3.05) is 13.2 Å². The van der Waals surface area contributed by atoms with Crippen LogP contribution in [0.15, 0.2) is 48.5 Å². The topological polar surface area (TPSA) is 84.9 Å². The second-order valence-electron chi connectivity index (χ2n) is 8.11. The van der Waals surface area contributed by atoms with Crippen LogP contribution < -0.4 is 5.32 Å². The summed E-state index contributed by atoms with van der Waals surface area (Å²) < 4.78 is 11.3. The molecule has 2 aromatic carbocycles. The van der Waals surface area contributed by atoms with Crippen LogP contribution in [-0.2, 0) is 20.9 Å². The molecule has 0 aliphatic carbocycles. The van der Waals surface area contributed by atoms with E-state index in [9.17, 15) is 9.59 Å². The van der Waals surface area contributed by atoms with Gasteiger partial charge in [0.1, 0.15) is 6.10 Å². The smallest absolute Gasteiger partial charge is 0.335 e. The molecule has 2 aromatic rings. The first-order chi connectivity index (χ1) is 14.3. The van der Waals surface area contributed by atoms with Gasteiger partial charge in [-0.05, 0) is 41.7 Å². The molecule has 6 nitrogen and oxygen atoms in total. The van der Waals surface area contributed by atoms with Crippen LogP contribution in [0.2, 0.25) is 0 Å². The molecule has 2 atom stereocenters. The first-order valence-electron chi connectivity index (χ1n) is 10.3. The Morgan fingerprint density at radius 1 is 1.13 bits per heavy atom. The third-order valence-corrected chi connectivity index (χ3v) is 5.37. The Morgan fingerprint density at radius 3 is 2.40 bits per heavy atom. The number of ether oxygens (including phenoxy) is 2. The Balaban J connectivity index is 1.59. The number of nitrogens with one attached hydrogen (secondary N) is 1. The summed E-state index contributed by atoms with van der Waals surface area (Å²) in [7, 11) is 0. The lowest BCUT2D eigenvalue weighted by molar-refractivity contribution is -0.137. The molecule has 160 valence electrons. The summed E-state index contributed by atoms with van der Waals surface area (Å²) in [5.74, 6) is -0.693. The number of aromatic carboxylic acids is 1. The monoisotopic (exact) mass is 411 g/mol. The van der Waals surface area contributed by atoms with Crippen LogP contribution in [0.4, 0.5) is 0 Å². The predicted octanol–water partition coefficient (Wildman–Crippen LogP) is 3.92. The lowest BCUT2D eigenvalue weighted by Gasteiger charge is -2.27. The summed E-state index contributed by atoms with van der Waals surface area (Å²) in [6.07, 6.45) is -0.582. The Labute approximate surface area is 177 Å². The predicted molar refractivity (Wildman–Crippen MR) is 113 cm³/mol. The van der Waals surface area contributed by atoms with Gasteiger partial charge in [0.25, 0.3) is 0 Å². The molecule has 1 unspecified atom stereocenters. The number of carbonyl (C=O) groups excluding carboxylic acids is 1. The molecule has 3 rings (SSSR count). The number of rotatable bonds is 9. The van der Waals surface area contributed by atoms with Crippen molar-refractivity contribution in [2.45, 2.75) is 45.4 Å². The van der Waals surface area contributed by atoms with Crippen LogP contribution in [0.3, 0.4) is 0 Å². The normalized spacial score (nSPS) is 16.0. The molecule has 1 aliphatic rings. The fraction of sp³-hybridized carbons (Fsp3) is 0.417. The van der Waals surface area contributed by atoms with Gasteiger partial charge in [-0.2, -0.15) is 0 Å². The Hall–Kier alpha value is -2.70. The maximum Gasteiger partial charge on any atom is 0.335 e. The molecule has 0 aromatic heterocycles. The minimum absolute atomic E-state index is 0.00908. The first kappa shape index (κ1) is 22.0. The minimum Gasteiger partial charge on any atom is -0.478 e. The van der Waals surface area contributed by atoms with E-state index < -0.39 is 12.1 Å². The number of carboxylic acid groups (broad SMARTS) is 1. The van der Waals surface area contributed by atoms with Gasteiger partial charge in [-0.25, -0.2) is 4.79 Å². The van der Waals surface area contributed by atoms with Crippen molar-refractivity contribution in [1.82, 2.24) is 5.32 Å². The number of benzene rings is 2. The minimum atomic E-state index is -0.972. The SMILES string of the molecule is CC(C)C(OCc1cccc(C2COC2)c1)C(=O)N[C@@H](C)c1ccc(C(=O)O)cc1. The van der Waals surface area contributed by atoms with Crippen LogP contribution in [0, 0.1) is 5.92 Å². The van der Waals surface area contributed by atoms with E-state index in [1.807, 2.05) is 32.9 Å². The third-order valence-electron chi connectivity index (χ3n) is 5.37. The highest BCUT2D eigenvalue weighted by Gasteiger charge is 2.25. The van der Waals surface area contributed by atoms with E-state index in [1.54, 1.807) is 12.1 Å². The molecule has 1 amide bonds. The molecule has 2 N–H and O–H groups in total. The van der Waals surface area contributed by atoms with Gasteiger partial charge >= 0.3 is 5.97 Å². The molecule has 1 aliphatic heterocycles. The summed E-state index contributed by atoms with van der Waals surface area (Å²) in [5.41, 5.74) is 3.34. The zero-order valence-electron chi connectivity index (χ0n) is 17.6. The van der Waals surface area contributed by atoms with Crippen LogP contribution in [0.5, 0.6) is 0 Å². The summed E-state index contributed by atoms with van der Waals surface area (Å²) in [5, 5.41) is 12.0. The largest absolute Gasteiger partial charge is 0.478 e. The highest BCUT2D eigenvalue weighted by atomic mass is 16.5. The molecule has 0 bridgehead atoms. The second kappa shape index (κ2) is 9.87. The van der Waals surface area contributed by atoms with Crippen molar-refractivity contribution < 1.29 is 24.2 Å². The van der Waals surface area contributed by atoms with Crippen molar-refractivity contribution in [3.63, 3.8) is 0 Å². The zero-order valence-corrected chi connectivity index (χ0v) is 17.6. The molecular formula is C24H29NO5. The average molecular weight is 411 g/mol. The lowest BCUT2D eigenvalue weighted by Crippen LogP contribution is -2.40. The third kappa shape index (κ3) is 5.46. The molecular weight excluding hydrogens is 382 g/mol. The Bertz CT molecular complexity index is 873. The molecule has 1 saturated heterocycles. The van der Waals surface area contributed by atoms with Gasteiger partial charge in [-0.15, -0.1) is 0 Å². The highest BCUT2D eigenvalue weighted by molar-refractivity contribution is 5.87. The highest BCUT2D eigenvalue weighted by Crippen LogP contribution is 2.25. The van der Waals surface area contributed by atoms with Gasteiger partial charge in [-0.1, -0.05) is 50.2 Å². The van der Waals surface area contributed by atoms with Gasteiger partial charge in [0.05, 0.1) is 31.4 Å². The van der Waals surface area contributed by atoms with E-state index in [0.29, 0.717) is 12.5 Å². The van der Waals surface area contributed by atoms with E-state index in [-0.39, 0.29) is 23.4 Å². The maximum absolute atomic E-state index is 12.8. The van der Waals surface area contributed by atoms with Gasteiger partial charge in [-0.3, -0.25) is 4.79 Å². The summed E-state index contributed by atoms with van der Waals surface area (Å²) >= 11 is 0. The summed E-state index contributed by atoms with van der Waals surface area (Å²) in [4.78, 5) is 23.8. The van der Waals surface area contributed by atoms with E-state index in [1.165, 1.54) is 17.7 Å². The Morgan fingerprint density at radius 2 is 1.83 bits per heavy atom. The van der Waals surface area contributed by atoms with Crippen molar-refractivity contribution in [3.8, 4) is 0 Å². The van der Waals surface area contributed by atoms with Crippen LogP contribution in [0.1, 0.15) is 59.8 Å². The van der Waals surface area contributed by atoms with Gasteiger partial charge < -0.3 is 19.9 Å². The van der Waals surface area contributed by atoms with Crippen molar-refractivity contribution in [2.24, 2.45) is 5.92 Å². The van der Waals surface area contributed by atoms with E-state index in [0.717, 1.165) is 24.3 Å². The molecule has 30 heavy (non-hydrogen) atoms. The quantitative estimate of drug-likeness (QED) is 0.653. The number of hydrogen-bond donors (Lipinski definition) is 2. The first-order valence-corrected chi connectivity index (χ1v) is 10.3. The van der Waals surface area contributed by atoms with Crippen LogP contribution in [-0.4, -0.2) is 36.3 Å². The van der Waals surface area contributed by atoms with Crippen molar-refractivity contribution >= 4 is 11.9 Å². The number of carboxylic acids is 1. The summed E-state index contributed by atoms with van der Waals surface area (Å²) in [6.45, 7) is 7.66. The number of hydrogen-bond acceptors (Lipinski definition) is 4.